The van der Waals surface area contributed by atoms with Crippen molar-refractivity contribution >= 4 is 17.9 Å². The van der Waals surface area contributed by atoms with Gasteiger partial charge in [0, 0.05) is 56.2 Å². The number of aliphatic hydroxyl groups is 5. The van der Waals surface area contributed by atoms with E-state index in [-0.39, 0.29) is 46.2 Å². The summed E-state index contributed by atoms with van der Waals surface area (Å²) < 4.78 is 13.9. The summed E-state index contributed by atoms with van der Waals surface area (Å²) in [6.07, 6.45) is 30.5. The van der Waals surface area contributed by atoms with Gasteiger partial charge in [-0.1, -0.05) is 28.3 Å². The van der Waals surface area contributed by atoms with Gasteiger partial charge in [0.25, 0.3) is 0 Å². The molecule has 0 aliphatic heterocycles. The highest BCUT2D eigenvalue weighted by Gasteiger charge is 2.66. The SMILES string of the molecule is COC(=O)/C=C/C12CC3CC(CC1C3)C2.COC(=O)[C@@H](N=[N+]=[N-])[C@@H](O)C12CC3CC(CC1C3)C2.COC(=O)[C@H](O)[C@@H](O)C12CC3CC(CC1C3)C2.C[C@H](CN=[N+]=[N-])[C@@H](O)C12CC3CC(CC1C3)C2.[N-]=[N+]=NC[C@@H](N)[C@@H](O)C12CC3CC(CC1C3)C2. The molecule has 0 aromatic rings. The highest BCUT2D eigenvalue weighted by Crippen LogP contribution is 2.71. The Morgan fingerprint density at radius 3 is 1.21 bits per heavy atom. The molecule has 0 radical (unpaired) electrons. The Hall–Kier alpha value is -4.16. The van der Waals surface area contributed by atoms with Crippen LogP contribution in [0.4, 0.5) is 0 Å². The lowest BCUT2D eigenvalue weighted by atomic mass is 9.68. The van der Waals surface area contributed by atoms with Crippen molar-refractivity contribution in [2.75, 3.05) is 34.4 Å². The average Bonchev–Trinajstić information content (AvgIpc) is 2.56. The van der Waals surface area contributed by atoms with Crippen LogP contribution in [0.1, 0.15) is 167 Å². The molecular weight excluding hydrogens is 1080 g/mol. The number of ether oxygens (including phenoxy) is 3. The third kappa shape index (κ3) is 11.3. The van der Waals surface area contributed by atoms with Crippen molar-refractivity contribution in [3.63, 3.8) is 0 Å². The summed E-state index contributed by atoms with van der Waals surface area (Å²) in [5.41, 5.74) is 31.5. The molecule has 0 aromatic heterocycles. The number of aliphatic hydroxyl groups excluding tert-OH is 5. The van der Waals surface area contributed by atoms with Crippen molar-refractivity contribution in [3.05, 3.63) is 43.5 Å². The van der Waals surface area contributed by atoms with E-state index in [9.17, 15) is 39.9 Å². The van der Waals surface area contributed by atoms with Crippen LogP contribution in [0.5, 0.6) is 0 Å². The highest BCUT2D eigenvalue weighted by molar-refractivity contribution is 5.82. The van der Waals surface area contributed by atoms with Crippen molar-refractivity contribution in [1.82, 2.24) is 0 Å². The summed E-state index contributed by atoms with van der Waals surface area (Å²) in [4.78, 5) is 42.5. The van der Waals surface area contributed by atoms with E-state index in [4.69, 9.17) is 22.3 Å². The number of nitrogens with two attached hydrogens (primary N) is 1. The van der Waals surface area contributed by atoms with Gasteiger partial charge in [-0.3, -0.25) is 4.79 Å². The van der Waals surface area contributed by atoms with Gasteiger partial charge in [0.1, 0.15) is 0 Å². The molecule has 20 fully saturated rings. The first kappa shape index (κ1) is 62.4. The zero-order valence-electron chi connectivity index (χ0n) is 50.8. The maximum absolute atomic E-state index is 11.7. The van der Waals surface area contributed by atoms with Crippen LogP contribution in [0.3, 0.4) is 0 Å². The van der Waals surface area contributed by atoms with Crippen molar-refractivity contribution in [3.8, 4) is 0 Å². The fourth-order valence-electron chi connectivity index (χ4n) is 24.6. The number of hydrogen-bond acceptors (Lipinski definition) is 15. The number of azide groups is 3. The summed E-state index contributed by atoms with van der Waals surface area (Å²) in [6, 6.07) is -1.50. The van der Waals surface area contributed by atoms with Gasteiger partial charge in [0.15, 0.2) is 12.1 Å². The molecule has 21 heteroatoms. The number of allylic oxidation sites excluding steroid dienone is 1. The van der Waals surface area contributed by atoms with Gasteiger partial charge in [-0.2, -0.15) is 0 Å². The fourth-order valence-corrected chi connectivity index (χ4v) is 24.6. The first-order valence-corrected chi connectivity index (χ1v) is 32.8. The normalized spacial score (nSPS) is 45.0. The second-order valence-corrected chi connectivity index (χ2v) is 31.1. The number of esters is 3. The van der Waals surface area contributed by atoms with E-state index in [0.717, 1.165) is 98.7 Å². The molecular formula is C64H98N10O11. The molecule has 20 rings (SSSR count). The van der Waals surface area contributed by atoms with Crippen LogP contribution in [-0.4, -0.2) is 120 Å². The number of carbonyl (C=O) groups excluding carboxylic acids is 3. The number of methoxy groups -OCH3 is 3. The van der Waals surface area contributed by atoms with Crippen LogP contribution in [0.2, 0.25) is 0 Å². The summed E-state index contributed by atoms with van der Waals surface area (Å²) in [6.45, 7) is 2.66. The largest absolute Gasteiger partial charge is 0.469 e. The van der Waals surface area contributed by atoms with E-state index in [2.05, 4.69) is 50.4 Å². The van der Waals surface area contributed by atoms with Crippen molar-refractivity contribution < 1.29 is 54.1 Å². The zero-order chi connectivity index (χ0) is 60.4. The third-order valence-electron chi connectivity index (χ3n) is 26.8. The molecule has 0 heterocycles. The van der Waals surface area contributed by atoms with Crippen LogP contribution >= 0.6 is 0 Å². The van der Waals surface area contributed by atoms with Crippen molar-refractivity contribution in [1.29, 1.82) is 0 Å². The third-order valence-corrected chi connectivity index (χ3v) is 26.8. The van der Waals surface area contributed by atoms with E-state index >= 15 is 0 Å². The Morgan fingerprint density at radius 1 is 0.482 bits per heavy atom. The molecule has 0 saturated heterocycles. The number of nitrogens with zero attached hydrogens (tertiary/aromatic N) is 9. The predicted octanol–water partition coefficient (Wildman–Crippen LogP) is 10.2. The molecule has 10 unspecified atom stereocenters. The maximum Gasteiger partial charge on any atom is 0.337 e. The van der Waals surface area contributed by atoms with Crippen LogP contribution in [-0.2, 0) is 28.6 Å². The zero-order valence-corrected chi connectivity index (χ0v) is 50.8. The van der Waals surface area contributed by atoms with Crippen LogP contribution in [0.15, 0.2) is 27.5 Å². The summed E-state index contributed by atoms with van der Waals surface area (Å²) in [7, 11) is 3.95. The molecule has 7 N–H and O–H groups in total. The molecule has 0 aromatic carbocycles. The van der Waals surface area contributed by atoms with Gasteiger partial charge in [0.2, 0.25) is 0 Å². The molecule has 20 aliphatic carbocycles. The van der Waals surface area contributed by atoms with Gasteiger partial charge in [-0.25, -0.2) is 9.59 Å². The fraction of sp³-hybridized carbons (Fsp3) is 0.922. The van der Waals surface area contributed by atoms with Crippen molar-refractivity contribution in [2.24, 2.45) is 143 Å². The average molecular weight is 1180 g/mol. The molecule has 20 saturated carbocycles. The Balaban J connectivity index is 0.000000111. The van der Waals surface area contributed by atoms with E-state index < -0.39 is 48.4 Å². The number of hydrogen-bond donors (Lipinski definition) is 6. The van der Waals surface area contributed by atoms with Crippen LogP contribution in [0.25, 0.3) is 31.3 Å². The minimum Gasteiger partial charge on any atom is -0.469 e. The monoisotopic (exact) mass is 1180 g/mol. The van der Waals surface area contributed by atoms with Crippen LogP contribution in [0, 0.1) is 122 Å². The number of carbonyl (C=O) groups is 3. The van der Waals surface area contributed by atoms with E-state index in [1.54, 1.807) is 6.08 Å². The molecule has 0 amide bonds. The lowest BCUT2D eigenvalue weighted by Gasteiger charge is -2.40. The summed E-state index contributed by atoms with van der Waals surface area (Å²) >= 11 is 0. The molecule has 0 spiro atoms. The first-order chi connectivity index (χ1) is 40.7. The molecule has 21 nitrogen and oxygen atoms in total. The molecule has 18 atom stereocenters. The van der Waals surface area contributed by atoms with Gasteiger partial charge in [-0.15, -0.1) is 0 Å². The van der Waals surface area contributed by atoms with Gasteiger partial charge in [-0.05, 0) is 283 Å². The van der Waals surface area contributed by atoms with E-state index in [1.165, 1.54) is 130 Å². The second-order valence-electron chi connectivity index (χ2n) is 31.1. The Kier molecular flexibility index (Phi) is 18.1. The van der Waals surface area contributed by atoms with E-state index in [0.29, 0.717) is 53.4 Å². The Morgan fingerprint density at radius 2 is 0.835 bits per heavy atom. The topological polar surface area (TPSA) is 352 Å². The van der Waals surface area contributed by atoms with Gasteiger partial charge in [0.05, 0.1) is 45.7 Å². The lowest BCUT2D eigenvalue weighted by molar-refractivity contribution is -0.165. The molecule has 470 valence electrons. The van der Waals surface area contributed by atoms with Crippen molar-refractivity contribution in [2.45, 2.75) is 210 Å². The summed E-state index contributed by atoms with van der Waals surface area (Å²) in [5.74, 6) is 9.83. The summed E-state index contributed by atoms with van der Waals surface area (Å²) in [5, 5.41) is 62.7. The standard InChI is InChI=1S/C13H19N3O3.C13H21N3O.C13H20O4.C13H18O2.C12H20N4O/c1-19-12(18)10(15-16-14)11(17)13-5-7-2-8(6-13)4-9(13)3-7;1-8(7-15-16-14)12(17)13-5-9-2-10(6-13)4-11(13)3-9;1-17-12(16)10(14)11(15)13-5-7-2-8(6-13)4-9(13)3-7;1-15-12(14)2-3-13-7-9-4-10(8-13)6-11(13)5-9;13-10(6-15-16-14)11(17)12-4-7-1-8(5-12)3-9(12)2-7/h7-11,17H,2-6H2,1H3;8-12,17H,2-7H2,1H3;7-11,14-15H,2-6H2,1H3;2-3,9-11H,4-8H2,1H3;7-11,17H,1-6,13H2/b;;;3-2+;/t7?,8?,9?,10-,11+,13?;8-,9?,10?,11?,12-,13?;7?,8?,9?,10-,11-,13?;;7?,8?,9?,10-,11-,12?/m011.1/s1. The predicted molar refractivity (Wildman–Crippen MR) is 313 cm³/mol. The minimum atomic E-state index is -1.38. The van der Waals surface area contributed by atoms with Gasteiger partial charge < -0.3 is 45.5 Å². The molecule has 85 heavy (non-hydrogen) atoms. The number of rotatable bonds is 17. The quantitative estimate of drug-likeness (QED) is 0.0198. The molecule has 20 aliphatic rings. The Bertz CT molecular complexity index is 2520. The Labute approximate surface area is 501 Å². The lowest BCUT2D eigenvalue weighted by Crippen LogP contribution is -2.49. The van der Waals surface area contributed by atoms with Gasteiger partial charge >= 0.3 is 17.9 Å². The highest BCUT2D eigenvalue weighted by atomic mass is 16.5. The molecule has 20 bridgehead atoms. The second kappa shape index (κ2) is 24.7. The van der Waals surface area contributed by atoms with E-state index in [1.807, 2.05) is 6.92 Å². The van der Waals surface area contributed by atoms with Crippen LogP contribution < -0.4 is 5.73 Å². The minimum absolute atomic E-state index is 0.0535. The maximum atomic E-state index is 11.7. The first-order valence-electron chi connectivity index (χ1n) is 32.8. The smallest absolute Gasteiger partial charge is 0.337 e.